The van der Waals surface area contributed by atoms with E-state index in [9.17, 15) is 17.6 Å². The second kappa shape index (κ2) is 2.70. The normalized spacial score (nSPS) is 13.7. The van der Waals surface area contributed by atoms with Crippen LogP contribution in [0.5, 0.6) is 0 Å². The molecule has 54 valence electrons. The largest absolute Gasteiger partial charge is 0.433 e. The summed E-state index contributed by atoms with van der Waals surface area (Å²) < 4.78 is 45.3. The van der Waals surface area contributed by atoms with Crippen molar-refractivity contribution < 1.29 is 17.6 Å². The van der Waals surface area contributed by atoms with Gasteiger partial charge >= 0.3 is 6.18 Å². The van der Waals surface area contributed by atoms with Gasteiger partial charge in [0, 0.05) is 7.05 Å². The Morgan fingerprint density at radius 2 is 1.89 bits per heavy atom. The van der Waals surface area contributed by atoms with Gasteiger partial charge in [-0.05, 0) is 0 Å². The maximum Gasteiger partial charge on any atom is 0.433 e. The SMILES string of the molecule is CN/C(=C\F)C(F)(F)F. The van der Waals surface area contributed by atoms with Crippen LogP contribution in [-0.4, -0.2) is 13.2 Å². The third kappa shape index (κ3) is 2.34. The van der Waals surface area contributed by atoms with Crippen LogP contribution in [0.15, 0.2) is 12.0 Å². The van der Waals surface area contributed by atoms with Crippen LogP contribution in [0, 0.1) is 0 Å². The van der Waals surface area contributed by atoms with E-state index >= 15 is 0 Å². The van der Waals surface area contributed by atoms with E-state index in [4.69, 9.17) is 0 Å². The van der Waals surface area contributed by atoms with Crippen molar-refractivity contribution in [3.63, 3.8) is 0 Å². The van der Waals surface area contributed by atoms with Gasteiger partial charge in [-0.15, -0.1) is 0 Å². The average Bonchev–Trinajstić information content (AvgIpc) is 1.65. The smallest absolute Gasteiger partial charge is 0.382 e. The Morgan fingerprint density at radius 3 is 1.89 bits per heavy atom. The van der Waals surface area contributed by atoms with E-state index in [2.05, 4.69) is 0 Å². The fourth-order valence-corrected chi connectivity index (χ4v) is 0.258. The molecule has 0 bridgehead atoms. The Kier molecular flexibility index (Phi) is 2.48. The molecule has 0 aliphatic carbocycles. The molecule has 0 fully saturated rings. The van der Waals surface area contributed by atoms with Gasteiger partial charge in [0.25, 0.3) is 0 Å². The van der Waals surface area contributed by atoms with Crippen LogP contribution in [0.25, 0.3) is 0 Å². The molecule has 0 aromatic heterocycles. The maximum absolute atomic E-state index is 11.3. The third-order valence-corrected chi connectivity index (χ3v) is 0.684. The van der Waals surface area contributed by atoms with Crippen molar-refractivity contribution in [2.45, 2.75) is 6.18 Å². The predicted molar refractivity (Wildman–Crippen MR) is 24.3 cm³/mol. The zero-order chi connectivity index (χ0) is 7.49. The number of allylic oxidation sites excluding steroid dienone is 1. The molecule has 0 aliphatic rings. The fraction of sp³-hybridized carbons (Fsp3) is 0.500. The third-order valence-electron chi connectivity index (χ3n) is 0.684. The van der Waals surface area contributed by atoms with Gasteiger partial charge in [-0.2, -0.15) is 13.2 Å². The first-order valence-electron chi connectivity index (χ1n) is 2.07. The van der Waals surface area contributed by atoms with Crippen LogP contribution in [0.2, 0.25) is 0 Å². The summed E-state index contributed by atoms with van der Waals surface area (Å²) in [6, 6.07) is 0. The first-order valence-corrected chi connectivity index (χ1v) is 2.07. The fourth-order valence-electron chi connectivity index (χ4n) is 0.258. The molecule has 0 unspecified atom stereocenters. The molecule has 1 N–H and O–H groups in total. The summed E-state index contributed by atoms with van der Waals surface area (Å²) in [6.07, 6.45) is -5.12. The summed E-state index contributed by atoms with van der Waals surface area (Å²) >= 11 is 0. The summed E-state index contributed by atoms with van der Waals surface area (Å²) in [4.78, 5) is 0. The van der Waals surface area contributed by atoms with Crippen molar-refractivity contribution in [2.24, 2.45) is 0 Å². The summed E-state index contributed by atoms with van der Waals surface area (Å²) in [5.41, 5.74) is -1.37. The van der Waals surface area contributed by atoms with E-state index in [1.165, 1.54) is 0 Å². The molecule has 0 heterocycles. The summed E-state index contributed by atoms with van der Waals surface area (Å²) in [5, 5.41) is 1.65. The van der Waals surface area contributed by atoms with Gasteiger partial charge in [0.1, 0.15) is 12.0 Å². The van der Waals surface area contributed by atoms with E-state index in [0.29, 0.717) is 0 Å². The molecule has 0 aromatic rings. The van der Waals surface area contributed by atoms with Crippen LogP contribution in [-0.2, 0) is 0 Å². The van der Waals surface area contributed by atoms with Crippen LogP contribution in [0.3, 0.4) is 0 Å². The highest BCUT2D eigenvalue weighted by Gasteiger charge is 2.33. The summed E-state index contributed by atoms with van der Waals surface area (Å²) in [5.74, 6) is 0. The van der Waals surface area contributed by atoms with Gasteiger partial charge in [0.2, 0.25) is 0 Å². The van der Waals surface area contributed by atoms with Gasteiger partial charge in [-0.1, -0.05) is 0 Å². The maximum atomic E-state index is 11.3. The summed E-state index contributed by atoms with van der Waals surface area (Å²) in [7, 11) is 0.999. The first-order chi connectivity index (χ1) is 4.02. The number of rotatable bonds is 1. The Labute approximate surface area is 49.4 Å². The highest BCUT2D eigenvalue weighted by Crippen LogP contribution is 2.22. The molecule has 1 nitrogen and oxygen atoms in total. The Bertz CT molecular complexity index is 114. The van der Waals surface area contributed by atoms with E-state index < -0.39 is 18.2 Å². The highest BCUT2D eigenvalue weighted by molar-refractivity contribution is 5.01. The molecule has 0 saturated heterocycles. The molecule has 0 atom stereocenters. The van der Waals surface area contributed by atoms with Gasteiger partial charge in [-0.25, -0.2) is 4.39 Å². The average molecular weight is 143 g/mol. The van der Waals surface area contributed by atoms with E-state index in [0.717, 1.165) is 7.05 Å². The molecule has 0 amide bonds. The van der Waals surface area contributed by atoms with Crippen LogP contribution < -0.4 is 5.32 Å². The number of halogens is 4. The van der Waals surface area contributed by atoms with Gasteiger partial charge in [-0.3, -0.25) is 0 Å². The lowest BCUT2D eigenvalue weighted by atomic mass is 10.5. The van der Waals surface area contributed by atoms with Crippen LogP contribution in [0.4, 0.5) is 17.6 Å². The molecule has 0 radical (unpaired) electrons. The van der Waals surface area contributed by atoms with Crippen molar-refractivity contribution in [2.75, 3.05) is 7.05 Å². The molecule has 0 aliphatic heterocycles. The van der Waals surface area contributed by atoms with Gasteiger partial charge < -0.3 is 5.32 Å². The first kappa shape index (κ1) is 8.26. The highest BCUT2D eigenvalue weighted by atomic mass is 19.4. The number of hydrogen-bond acceptors (Lipinski definition) is 1. The lowest BCUT2D eigenvalue weighted by Crippen LogP contribution is -2.22. The van der Waals surface area contributed by atoms with E-state index in [-0.39, 0.29) is 0 Å². The van der Waals surface area contributed by atoms with Crippen molar-refractivity contribution in [3.8, 4) is 0 Å². The Morgan fingerprint density at radius 1 is 1.44 bits per heavy atom. The Balaban J connectivity index is 4.14. The number of hydrogen-bond donors (Lipinski definition) is 1. The quantitative estimate of drug-likeness (QED) is 0.549. The number of alkyl halides is 3. The zero-order valence-corrected chi connectivity index (χ0v) is 4.59. The molecule has 0 spiro atoms. The molecule has 9 heavy (non-hydrogen) atoms. The second-order valence-corrected chi connectivity index (χ2v) is 1.27. The van der Waals surface area contributed by atoms with Crippen molar-refractivity contribution in [1.29, 1.82) is 0 Å². The molecular formula is C4H5F4N. The standard InChI is InChI=1S/C4H5F4N/c1-9-3(2-5)4(6,7)8/h2,9H,1H3/b3-2-. The zero-order valence-electron chi connectivity index (χ0n) is 4.59. The number of nitrogens with one attached hydrogen (secondary N) is 1. The predicted octanol–water partition coefficient (Wildman–Crippen LogP) is 1.58. The molecule has 0 aromatic carbocycles. The topological polar surface area (TPSA) is 12.0 Å². The second-order valence-electron chi connectivity index (χ2n) is 1.27. The minimum Gasteiger partial charge on any atom is -0.382 e. The molecule has 5 heteroatoms. The minimum atomic E-state index is -4.61. The van der Waals surface area contributed by atoms with Crippen LogP contribution in [0.1, 0.15) is 0 Å². The van der Waals surface area contributed by atoms with Crippen LogP contribution >= 0.6 is 0 Å². The lowest BCUT2D eigenvalue weighted by Gasteiger charge is -2.07. The van der Waals surface area contributed by atoms with Gasteiger partial charge in [0.05, 0.1) is 0 Å². The van der Waals surface area contributed by atoms with Crippen molar-refractivity contribution >= 4 is 0 Å². The van der Waals surface area contributed by atoms with Gasteiger partial charge in [0.15, 0.2) is 0 Å². The minimum absolute atomic E-state index is 0.514. The van der Waals surface area contributed by atoms with Crippen molar-refractivity contribution in [3.05, 3.63) is 12.0 Å². The van der Waals surface area contributed by atoms with E-state index in [1.807, 2.05) is 0 Å². The van der Waals surface area contributed by atoms with E-state index in [1.54, 1.807) is 5.32 Å². The summed E-state index contributed by atoms with van der Waals surface area (Å²) in [6.45, 7) is 0. The molecule has 0 saturated carbocycles. The Hall–Kier alpha value is -0.740. The lowest BCUT2D eigenvalue weighted by molar-refractivity contribution is -0.0970. The molecule has 0 rings (SSSR count). The van der Waals surface area contributed by atoms with Crippen molar-refractivity contribution in [1.82, 2.24) is 5.32 Å². The monoisotopic (exact) mass is 143 g/mol. The molecular weight excluding hydrogens is 138 g/mol.